The Morgan fingerprint density at radius 2 is 0.632 bits per heavy atom. The smallest absolute Gasteiger partial charge is 0.238 e. The van der Waals surface area contributed by atoms with E-state index in [2.05, 4.69) is 228 Å². The molecule has 11 aromatic carbocycles. The average Bonchev–Trinajstić information content (AvgIpc) is 3.95. The molecule has 3 aromatic heterocycles. The van der Waals surface area contributed by atoms with Crippen molar-refractivity contribution >= 4 is 75.9 Å². The number of para-hydroxylation sites is 2. The first-order valence-electron chi connectivity index (χ1n) is 23.1. The zero-order valence-corrected chi connectivity index (χ0v) is 36.8. The van der Waals surface area contributed by atoms with E-state index in [-0.39, 0.29) is 0 Å². The van der Waals surface area contributed by atoms with E-state index in [4.69, 9.17) is 15.0 Å². The van der Waals surface area contributed by atoms with Crippen LogP contribution in [0.2, 0.25) is 0 Å². The second-order valence-corrected chi connectivity index (χ2v) is 17.6. The Kier molecular flexibility index (Phi) is 8.52. The normalized spacial score (nSPS) is 11.8. The number of benzene rings is 11. The summed E-state index contributed by atoms with van der Waals surface area (Å²) in [5, 5.41) is 12.2. The van der Waals surface area contributed by atoms with Gasteiger partial charge in [0.1, 0.15) is 0 Å². The summed E-state index contributed by atoms with van der Waals surface area (Å²) in [4.78, 5) is 16.0. The quantitative estimate of drug-likeness (QED) is 0.156. The monoisotopic (exact) mass is 865 g/mol. The maximum Gasteiger partial charge on any atom is 0.238 e. The molecule has 5 heteroatoms. The summed E-state index contributed by atoms with van der Waals surface area (Å²) < 4.78 is 4.68. The van der Waals surface area contributed by atoms with E-state index in [1.165, 1.54) is 43.3 Å². The van der Waals surface area contributed by atoms with Gasteiger partial charge in [-0.1, -0.05) is 206 Å². The predicted octanol–water partition coefficient (Wildman–Crippen LogP) is 16.2. The van der Waals surface area contributed by atoms with Gasteiger partial charge in [0.2, 0.25) is 5.95 Å². The third kappa shape index (κ3) is 5.93. The Morgan fingerprint density at radius 1 is 0.235 bits per heavy atom. The highest BCUT2D eigenvalue weighted by Gasteiger charge is 2.24. The van der Waals surface area contributed by atoms with Crippen molar-refractivity contribution in [3.63, 3.8) is 0 Å². The van der Waals surface area contributed by atoms with Gasteiger partial charge in [-0.3, -0.25) is 4.57 Å². The van der Waals surface area contributed by atoms with Crippen LogP contribution < -0.4 is 0 Å². The first kappa shape index (κ1) is 38.1. The van der Waals surface area contributed by atoms with Crippen molar-refractivity contribution in [2.45, 2.75) is 0 Å². The second kappa shape index (κ2) is 15.2. The lowest BCUT2D eigenvalue weighted by atomic mass is 9.92. The van der Waals surface area contributed by atoms with Gasteiger partial charge in [0.15, 0.2) is 11.6 Å². The van der Waals surface area contributed by atoms with Gasteiger partial charge in [-0.15, -0.1) is 0 Å². The molecule has 14 rings (SSSR count). The van der Waals surface area contributed by atoms with Crippen LogP contribution in [0.1, 0.15) is 0 Å². The van der Waals surface area contributed by atoms with Crippen LogP contribution in [-0.2, 0) is 0 Å². The molecule has 0 saturated heterocycles. The third-order valence-electron chi connectivity index (χ3n) is 13.8. The minimum Gasteiger partial charge on any atom is -0.307 e. The number of hydrogen-bond donors (Lipinski definition) is 0. The average molecular weight is 866 g/mol. The van der Waals surface area contributed by atoms with E-state index in [0.717, 1.165) is 71.7 Å². The molecule has 0 aliphatic heterocycles. The van der Waals surface area contributed by atoms with Crippen molar-refractivity contribution < 1.29 is 0 Å². The van der Waals surface area contributed by atoms with Crippen LogP contribution in [-0.4, -0.2) is 24.1 Å². The predicted molar refractivity (Wildman–Crippen MR) is 283 cm³/mol. The molecule has 0 spiro atoms. The largest absolute Gasteiger partial charge is 0.307 e. The minimum absolute atomic E-state index is 0.556. The van der Waals surface area contributed by atoms with Crippen LogP contribution in [0.4, 0.5) is 0 Å². The van der Waals surface area contributed by atoms with E-state index in [0.29, 0.717) is 17.6 Å². The molecule has 0 radical (unpaired) electrons. The lowest BCUT2D eigenvalue weighted by molar-refractivity contribution is 0.953. The first-order chi connectivity index (χ1) is 33.7. The van der Waals surface area contributed by atoms with Crippen molar-refractivity contribution in [3.8, 4) is 56.7 Å². The molecule has 0 fully saturated rings. The van der Waals surface area contributed by atoms with Crippen molar-refractivity contribution in [1.82, 2.24) is 24.1 Å². The molecule has 5 nitrogen and oxygen atoms in total. The van der Waals surface area contributed by atoms with Crippen LogP contribution in [0, 0.1) is 0 Å². The van der Waals surface area contributed by atoms with Gasteiger partial charge in [0.05, 0.1) is 22.1 Å². The van der Waals surface area contributed by atoms with Crippen LogP contribution in [0.15, 0.2) is 237 Å². The topological polar surface area (TPSA) is 48.5 Å². The molecule has 0 N–H and O–H groups in total. The van der Waals surface area contributed by atoms with E-state index < -0.39 is 0 Å². The van der Waals surface area contributed by atoms with Crippen molar-refractivity contribution in [2.75, 3.05) is 0 Å². The zero-order chi connectivity index (χ0) is 44.7. The minimum atomic E-state index is 0.556. The van der Waals surface area contributed by atoms with Crippen LogP contribution in [0.25, 0.3) is 133 Å². The Bertz CT molecular complexity index is 4270. The molecule has 3 heterocycles. The Hall–Kier alpha value is -9.19. The number of hydrogen-bond acceptors (Lipinski definition) is 3. The molecule has 68 heavy (non-hydrogen) atoms. The van der Waals surface area contributed by atoms with Gasteiger partial charge in [0.25, 0.3) is 0 Å². The lowest BCUT2D eigenvalue weighted by Crippen LogP contribution is -2.07. The molecule has 0 unspecified atom stereocenters. The van der Waals surface area contributed by atoms with E-state index in [9.17, 15) is 0 Å². The summed E-state index contributed by atoms with van der Waals surface area (Å²) in [6, 6.07) is 84.6. The molecule has 0 bridgehead atoms. The lowest BCUT2D eigenvalue weighted by Gasteiger charge is -2.14. The van der Waals surface area contributed by atoms with Crippen molar-refractivity contribution in [1.29, 1.82) is 0 Å². The number of nitrogens with zero attached hydrogens (tertiary/aromatic N) is 5. The third-order valence-corrected chi connectivity index (χ3v) is 13.8. The number of rotatable bonds is 6. The van der Waals surface area contributed by atoms with Crippen LogP contribution in [0.5, 0.6) is 0 Å². The van der Waals surface area contributed by atoms with Gasteiger partial charge in [0, 0.05) is 38.4 Å². The zero-order valence-electron chi connectivity index (χ0n) is 36.8. The highest BCUT2D eigenvalue weighted by molar-refractivity contribution is 6.26. The Labute approximate surface area is 391 Å². The number of aromatic nitrogens is 5. The summed E-state index contributed by atoms with van der Waals surface area (Å²) in [6.45, 7) is 0. The van der Waals surface area contributed by atoms with E-state index in [1.54, 1.807) is 0 Å². The fraction of sp³-hybridized carbons (Fsp3) is 0. The van der Waals surface area contributed by atoms with E-state index >= 15 is 0 Å². The molecule has 0 aliphatic rings. The fourth-order valence-corrected chi connectivity index (χ4v) is 10.6. The van der Waals surface area contributed by atoms with Gasteiger partial charge in [-0.05, 0) is 84.9 Å². The van der Waals surface area contributed by atoms with Crippen molar-refractivity contribution in [2.24, 2.45) is 0 Å². The molecular formula is C63H39N5. The van der Waals surface area contributed by atoms with Gasteiger partial charge < -0.3 is 4.57 Å². The second-order valence-electron chi connectivity index (χ2n) is 17.6. The highest BCUT2D eigenvalue weighted by atomic mass is 15.2. The molecule has 0 aliphatic carbocycles. The highest BCUT2D eigenvalue weighted by Crippen LogP contribution is 2.43. The molecule has 0 amide bonds. The summed E-state index contributed by atoms with van der Waals surface area (Å²) in [5.41, 5.74) is 11.8. The molecule has 0 saturated carbocycles. The summed E-state index contributed by atoms with van der Waals surface area (Å²) in [6.07, 6.45) is 0. The van der Waals surface area contributed by atoms with Gasteiger partial charge in [-0.25, -0.2) is 4.98 Å². The fourth-order valence-electron chi connectivity index (χ4n) is 10.6. The SMILES string of the molecule is c1ccc(-c2cccc(-n3c4ccccc4c4ccc5c6ccccc6n(-c6nc(-c7ccccc7)nc(-c7ccc(-c8ccc9c%10ccccc%10c%10ccccc%10c9c8)cc7)n6)c5c43)c2)cc1. The maximum atomic E-state index is 5.43. The molecule has 0 atom stereocenters. The van der Waals surface area contributed by atoms with Gasteiger partial charge >= 0.3 is 0 Å². The maximum absolute atomic E-state index is 5.43. The Balaban J connectivity index is 0.983. The Morgan fingerprint density at radius 3 is 1.25 bits per heavy atom. The number of fused-ring (bicyclic) bond motifs is 13. The van der Waals surface area contributed by atoms with Crippen LogP contribution in [0.3, 0.4) is 0 Å². The van der Waals surface area contributed by atoms with Crippen LogP contribution >= 0.6 is 0 Å². The first-order valence-corrected chi connectivity index (χ1v) is 23.1. The summed E-state index contributed by atoms with van der Waals surface area (Å²) in [7, 11) is 0. The summed E-state index contributed by atoms with van der Waals surface area (Å²) in [5.74, 6) is 1.77. The molecular weight excluding hydrogens is 827 g/mol. The standard InChI is InChI=1S/C63H39N5/c1-3-16-40(17-4-1)44-20-15-21-46(38-44)67-57-28-13-11-26-52(57)54-36-37-55-53-27-12-14-29-58(53)68(60(55)59(54)67)63-65-61(42-18-5-2-6-19-42)64-62(66-63)43-32-30-41(31-33-43)45-34-35-51-49-24-8-7-22-47(49)48-23-9-10-25-50(48)56(51)39-45/h1-39H. The van der Waals surface area contributed by atoms with Crippen molar-refractivity contribution in [3.05, 3.63) is 237 Å². The van der Waals surface area contributed by atoms with Gasteiger partial charge in [-0.2, -0.15) is 9.97 Å². The molecule has 316 valence electrons. The summed E-state index contributed by atoms with van der Waals surface area (Å²) >= 11 is 0. The molecule has 14 aromatic rings. The van der Waals surface area contributed by atoms with E-state index in [1.807, 2.05) is 18.2 Å².